The number of hydrogen-bond acceptors (Lipinski definition) is 3. The van der Waals surface area contributed by atoms with Gasteiger partial charge in [0, 0.05) is 35.7 Å². The summed E-state index contributed by atoms with van der Waals surface area (Å²) in [4.78, 5) is 15.9. The van der Waals surface area contributed by atoms with E-state index in [4.69, 9.17) is 0 Å². The van der Waals surface area contributed by atoms with Crippen molar-refractivity contribution in [3.8, 4) is 0 Å². The molecule has 2 amide bonds. The van der Waals surface area contributed by atoms with Gasteiger partial charge in [0.1, 0.15) is 0 Å². The number of pyridine rings is 1. The molecular weight excluding hydrogens is 254 g/mol. The third-order valence-electron chi connectivity index (χ3n) is 2.81. The number of hydrogen-bond donors (Lipinski definition) is 3. The predicted molar refractivity (Wildman–Crippen MR) is 77.6 cm³/mol. The number of carbonyl (C=O) groups excluding carboxylic acids is 1. The molecule has 2 rings (SSSR count). The zero-order chi connectivity index (χ0) is 14.5. The van der Waals surface area contributed by atoms with E-state index in [-0.39, 0.29) is 12.1 Å². The number of rotatable bonds is 4. The minimum Gasteiger partial charge on any atom is -0.335 e. The minimum absolute atomic E-state index is 0.000587. The van der Waals surface area contributed by atoms with Gasteiger partial charge in [-0.15, -0.1) is 0 Å². The molecule has 2 aromatic rings. The Bertz CT molecular complexity index is 593. The lowest BCUT2D eigenvalue weighted by atomic mass is 10.2. The summed E-state index contributed by atoms with van der Waals surface area (Å²) in [6, 6.07) is 5.33. The number of aromatic nitrogens is 3. The summed E-state index contributed by atoms with van der Waals surface area (Å²) in [5, 5.41) is 12.7. The molecule has 6 heteroatoms. The first-order valence-electron chi connectivity index (χ1n) is 6.54. The van der Waals surface area contributed by atoms with Crippen molar-refractivity contribution < 1.29 is 4.79 Å². The topological polar surface area (TPSA) is 82.7 Å². The van der Waals surface area contributed by atoms with Crippen molar-refractivity contribution in [1.82, 2.24) is 20.5 Å². The number of carbonyl (C=O) groups is 1. The van der Waals surface area contributed by atoms with Crippen molar-refractivity contribution in [3.05, 3.63) is 41.5 Å². The highest BCUT2D eigenvalue weighted by Crippen LogP contribution is 2.07. The van der Waals surface area contributed by atoms with Gasteiger partial charge < -0.3 is 10.6 Å². The Labute approximate surface area is 118 Å². The highest BCUT2D eigenvalue weighted by molar-refractivity contribution is 5.89. The Morgan fingerprint density at radius 2 is 2.20 bits per heavy atom. The van der Waals surface area contributed by atoms with E-state index in [0.29, 0.717) is 6.42 Å². The summed E-state index contributed by atoms with van der Waals surface area (Å²) in [5.74, 6) is 0. The van der Waals surface area contributed by atoms with Crippen LogP contribution in [0.3, 0.4) is 0 Å². The number of H-pyrrole nitrogens is 1. The van der Waals surface area contributed by atoms with Crippen LogP contribution < -0.4 is 10.6 Å². The van der Waals surface area contributed by atoms with Crippen molar-refractivity contribution in [1.29, 1.82) is 0 Å². The van der Waals surface area contributed by atoms with Gasteiger partial charge in [0.15, 0.2) is 0 Å². The van der Waals surface area contributed by atoms with Gasteiger partial charge in [-0.2, -0.15) is 5.10 Å². The third kappa shape index (κ3) is 4.08. The van der Waals surface area contributed by atoms with Crippen LogP contribution in [0, 0.1) is 13.8 Å². The molecule has 3 N–H and O–H groups in total. The van der Waals surface area contributed by atoms with Gasteiger partial charge in [-0.1, -0.05) is 0 Å². The molecule has 0 unspecified atom stereocenters. The van der Waals surface area contributed by atoms with Crippen LogP contribution in [-0.2, 0) is 6.42 Å². The molecule has 0 bridgehead atoms. The Kier molecular flexibility index (Phi) is 4.34. The molecule has 0 saturated carbocycles. The smallest absolute Gasteiger partial charge is 0.319 e. The van der Waals surface area contributed by atoms with E-state index in [1.54, 1.807) is 12.3 Å². The number of nitrogens with zero attached hydrogens (tertiary/aromatic N) is 2. The predicted octanol–water partition coefficient (Wildman–Crippen LogP) is 2.17. The minimum atomic E-state index is -0.227. The van der Waals surface area contributed by atoms with Crippen LogP contribution >= 0.6 is 0 Å². The fourth-order valence-electron chi connectivity index (χ4n) is 1.96. The van der Waals surface area contributed by atoms with E-state index < -0.39 is 0 Å². The summed E-state index contributed by atoms with van der Waals surface area (Å²) in [6.45, 7) is 5.78. The molecular formula is C14H19N5O. The Balaban J connectivity index is 1.84. The van der Waals surface area contributed by atoms with Crippen molar-refractivity contribution in [2.24, 2.45) is 0 Å². The molecule has 0 aromatic carbocycles. The Morgan fingerprint density at radius 3 is 2.85 bits per heavy atom. The fraction of sp³-hybridized carbons (Fsp3) is 0.357. The van der Waals surface area contributed by atoms with Crippen molar-refractivity contribution in [2.45, 2.75) is 33.2 Å². The van der Waals surface area contributed by atoms with Crippen molar-refractivity contribution >= 4 is 11.7 Å². The maximum atomic E-state index is 11.9. The van der Waals surface area contributed by atoms with Crippen LogP contribution in [0.25, 0.3) is 0 Å². The summed E-state index contributed by atoms with van der Waals surface area (Å²) in [5.41, 5.74) is 3.56. The highest BCUT2D eigenvalue weighted by Gasteiger charge is 2.10. The number of nitrogens with one attached hydrogen (secondary N) is 3. The summed E-state index contributed by atoms with van der Waals surface area (Å²) in [7, 11) is 0. The van der Waals surface area contributed by atoms with Crippen molar-refractivity contribution in [2.75, 3.05) is 5.32 Å². The van der Waals surface area contributed by atoms with Crippen LogP contribution in [-0.4, -0.2) is 27.3 Å². The van der Waals surface area contributed by atoms with Gasteiger partial charge in [-0.05, 0) is 39.0 Å². The largest absolute Gasteiger partial charge is 0.335 e. The zero-order valence-corrected chi connectivity index (χ0v) is 11.9. The number of aryl methyl sites for hydroxylation is 2. The Morgan fingerprint density at radius 1 is 1.40 bits per heavy atom. The molecule has 0 radical (unpaired) electrons. The van der Waals surface area contributed by atoms with Gasteiger partial charge in [0.05, 0.1) is 5.69 Å². The molecule has 0 spiro atoms. The molecule has 0 aliphatic heterocycles. The van der Waals surface area contributed by atoms with E-state index in [9.17, 15) is 4.79 Å². The van der Waals surface area contributed by atoms with Gasteiger partial charge in [0.2, 0.25) is 0 Å². The molecule has 20 heavy (non-hydrogen) atoms. The fourth-order valence-corrected chi connectivity index (χ4v) is 1.96. The summed E-state index contributed by atoms with van der Waals surface area (Å²) < 4.78 is 0. The van der Waals surface area contributed by atoms with Crippen LogP contribution in [0.2, 0.25) is 0 Å². The van der Waals surface area contributed by atoms with E-state index >= 15 is 0 Å². The lowest BCUT2D eigenvalue weighted by molar-refractivity contribution is 0.249. The van der Waals surface area contributed by atoms with E-state index in [1.165, 1.54) is 0 Å². The molecule has 0 aliphatic carbocycles. The standard InChI is InChI=1S/C14H19N5O/c1-9-6-12(4-5-15-9)17-14(20)16-10(2)7-13-8-11(3)18-19-13/h4-6,8,10H,7H2,1-3H3,(H,18,19)(H2,15,16,17,20)/t10-/m0/s1. The third-order valence-corrected chi connectivity index (χ3v) is 2.81. The van der Waals surface area contributed by atoms with E-state index in [1.807, 2.05) is 32.9 Å². The van der Waals surface area contributed by atoms with E-state index in [0.717, 1.165) is 22.8 Å². The summed E-state index contributed by atoms with van der Waals surface area (Å²) >= 11 is 0. The van der Waals surface area contributed by atoms with Crippen LogP contribution in [0.1, 0.15) is 24.0 Å². The SMILES string of the molecule is Cc1cc(NC(=O)N[C@@H](C)Cc2cc(C)[nH]n2)ccn1. The van der Waals surface area contributed by atoms with Gasteiger partial charge in [-0.25, -0.2) is 4.79 Å². The maximum absolute atomic E-state index is 11.9. The average molecular weight is 273 g/mol. The van der Waals surface area contributed by atoms with Crippen molar-refractivity contribution in [3.63, 3.8) is 0 Å². The first-order chi connectivity index (χ1) is 9.52. The zero-order valence-electron chi connectivity index (χ0n) is 11.9. The lowest BCUT2D eigenvalue weighted by Crippen LogP contribution is -2.37. The number of anilines is 1. The second-order valence-electron chi connectivity index (χ2n) is 4.93. The van der Waals surface area contributed by atoms with Gasteiger partial charge in [-0.3, -0.25) is 10.1 Å². The van der Waals surface area contributed by atoms with Crippen LogP contribution in [0.5, 0.6) is 0 Å². The molecule has 1 atom stereocenters. The Hall–Kier alpha value is -2.37. The highest BCUT2D eigenvalue weighted by atomic mass is 16.2. The number of aromatic amines is 1. The molecule has 0 aliphatic rings. The van der Waals surface area contributed by atoms with Gasteiger partial charge >= 0.3 is 6.03 Å². The second kappa shape index (κ2) is 6.18. The molecule has 106 valence electrons. The summed E-state index contributed by atoms with van der Waals surface area (Å²) in [6.07, 6.45) is 2.36. The quantitative estimate of drug-likeness (QED) is 0.798. The first kappa shape index (κ1) is 14.0. The molecule has 6 nitrogen and oxygen atoms in total. The molecule has 2 heterocycles. The first-order valence-corrected chi connectivity index (χ1v) is 6.54. The second-order valence-corrected chi connectivity index (χ2v) is 4.93. The van der Waals surface area contributed by atoms with Crippen LogP contribution in [0.4, 0.5) is 10.5 Å². The van der Waals surface area contributed by atoms with E-state index in [2.05, 4.69) is 25.8 Å². The number of urea groups is 1. The maximum Gasteiger partial charge on any atom is 0.319 e. The average Bonchev–Trinajstić information content (AvgIpc) is 2.74. The van der Waals surface area contributed by atoms with Gasteiger partial charge in [0.25, 0.3) is 0 Å². The molecule has 0 fully saturated rings. The molecule has 2 aromatic heterocycles. The van der Waals surface area contributed by atoms with Crippen LogP contribution in [0.15, 0.2) is 24.4 Å². The normalized spacial score (nSPS) is 11.9. The monoisotopic (exact) mass is 273 g/mol. The molecule has 0 saturated heterocycles. The lowest BCUT2D eigenvalue weighted by Gasteiger charge is -2.13. The number of amides is 2.